The SMILES string of the molecule is CCOP(=O)(CCC1(C)C(=O)c2c(O)c(=O)c(C(=O)NCc3ccc(F)cc3F)cn2CC1OC)OCC. The average Bonchev–Trinajstić information content (AvgIpc) is 2.86. The number of hydrogen-bond acceptors (Lipinski definition) is 8. The standard InChI is InChI=1S/C25H31F2N2O8P/c1-5-36-38(34,37-6-2)10-9-25(3)19(35-4)14-29-13-17(21(30)22(31)20(29)23(25)32)24(33)28-12-15-7-8-16(26)11-18(15)27/h7-8,11,13,19,31H,5-6,9-10,12,14H2,1-4H3,(H,28,33). The summed E-state index contributed by atoms with van der Waals surface area (Å²) in [6.45, 7) is 4.85. The van der Waals surface area contributed by atoms with E-state index >= 15 is 0 Å². The van der Waals surface area contributed by atoms with Crippen molar-refractivity contribution in [2.24, 2.45) is 5.41 Å². The van der Waals surface area contributed by atoms with Crippen molar-refractivity contribution >= 4 is 19.3 Å². The van der Waals surface area contributed by atoms with Gasteiger partial charge in [-0.15, -0.1) is 0 Å². The summed E-state index contributed by atoms with van der Waals surface area (Å²) < 4.78 is 57.5. The van der Waals surface area contributed by atoms with Crippen molar-refractivity contribution in [3.63, 3.8) is 0 Å². The van der Waals surface area contributed by atoms with Crippen LogP contribution in [-0.4, -0.2) is 54.0 Å². The fourth-order valence-corrected chi connectivity index (χ4v) is 6.32. The number of ether oxygens (including phenoxy) is 1. The van der Waals surface area contributed by atoms with Gasteiger partial charge < -0.3 is 28.8 Å². The summed E-state index contributed by atoms with van der Waals surface area (Å²) in [5.74, 6) is -4.13. The van der Waals surface area contributed by atoms with Crippen LogP contribution >= 0.6 is 7.60 Å². The van der Waals surface area contributed by atoms with Crippen molar-refractivity contribution in [1.82, 2.24) is 9.88 Å². The zero-order valence-corrected chi connectivity index (χ0v) is 22.5. The first-order valence-electron chi connectivity index (χ1n) is 12.0. The van der Waals surface area contributed by atoms with Crippen LogP contribution in [0.4, 0.5) is 8.78 Å². The zero-order chi connectivity index (χ0) is 28.3. The van der Waals surface area contributed by atoms with Crippen molar-refractivity contribution in [2.45, 2.75) is 46.4 Å². The van der Waals surface area contributed by atoms with E-state index in [-0.39, 0.29) is 50.1 Å². The average molecular weight is 556 g/mol. The molecule has 10 nitrogen and oxygen atoms in total. The van der Waals surface area contributed by atoms with Crippen molar-refractivity contribution in [2.75, 3.05) is 26.5 Å². The highest BCUT2D eigenvalue weighted by Crippen LogP contribution is 2.52. The minimum atomic E-state index is -3.50. The third-order valence-electron chi connectivity index (χ3n) is 6.60. The Kier molecular flexibility index (Phi) is 9.25. The molecule has 3 rings (SSSR count). The lowest BCUT2D eigenvalue weighted by Crippen LogP contribution is -2.50. The van der Waals surface area contributed by atoms with Gasteiger partial charge in [0.25, 0.3) is 5.91 Å². The molecular weight excluding hydrogens is 525 g/mol. The molecule has 0 radical (unpaired) electrons. The van der Waals surface area contributed by atoms with Gasteiger partial charge in [-0.05, 0) is 33.3 Å². The number of halogens is 2. The molecule has 2 unspecified atom stereocenters. The molecule has 1 aliphatic rings. The number of rotatable bonds is 11. The molecule has 0 fully saturated rings. The molecular formula is C25H31F2N2O8P. The summed E-state index contributed by atoms with van der Waals surface area (Å²) in [5, 5.41) is 13.1. The van der Waals surface area contributed by atoms with Crippen molar-refractivity contribution in [1.29, 1.82) is 0 Å². The van der Waals surface area contributed by atoms with E-state index in [1.165, 1.54) is 11.7 Å². The smallest absolute Gasteiger partial charge is 0.330 e. The van der Waals surface area contributed by atoms with Gasteiger partial charge in [-0.25, -0.2) is 8.78 Å². The number of Topliss-reactive ketones (excluding diaryl/α,β-unsaturated/α-hetero) is 1. The second-order valence-electron chi connectivity index (χ2n) is 9.03. The third-order valence-corrected chi connectivity index (χ3v) is 8.68. The first-order chi connectivity index (χ1) is 17.9. The molecule has 1 aromatic carbocycles. The number of methoxy groups -OCH3 is 1. The lowest BCUT2D eigenvalue weighted by Gasteiger charge is -2.41. The summed E-state index contributed by atoms with van der Waals surface area (Å²) in [6, 6.07) is 2.84. The van der Waals surface area contributed by atoms with Crippen LogP contribution in [-0.2, 0) is 31.4 Å². The molecule has 2 N–H and O–H groups in total. The van der Waals surface area contributed by atoms with Crippen molar-refractivity contribution < 1.29 is 41.8 Å². The Hall–Kier alpha value is -2.92. The van der Waals surface area contributed by atoms with Gasteiger partial charge in [-0.1, -0.05) is 6.07 Å². The number of amides is 1. The number of aromatic nitrogens is 1. The van der Waals surface area contributed by atoms with Crippen LogP contribution in [0.5, 0.6) is 5.75 Å². The maximum atomic E-state index is 13.9. The molecule has 1 aliphatic heterocycles. The van der Waals surface area contributed by atoms with E-state index in [4.69, 9.17) is 13.8 Å². The molecule has 1 amide bonds. The highest BCUT2D eigenvalue weighted by atomic mass is 31.2. The zero-order valence-electron chi connectivity index (χ0n) is 21.6. The monoisotopic (exact) mass is 556 g/mol. The van der Waals surface area contributed by atoms with E-state index < -0.39 is 59.2 Å². The molecule has 0 saturated carbocycles. The third kappa shape index (κ3) is 5.88. The van der Waals surface area contributed by atoms with E-state index in [1.807, 2.05) is 0 Å². The van der Waals surface area contributed by atoms with E-state index in [1.54, 1.807) is 20.8 Å². The normalized spacial score (nSPS) is 19.3. The molecule has 0 aliphatic carbocycles. The van der Waals surface area contributed by atoms with Crippen LogP contribution in [0.3, 0.4) is 0 Å². The molecule has 2 atom stereocenters. The molecule has 0 bridgehead atoms. The van der Waals surface area contributed by atoms with Crippen LogP contribution in [0.15, 0.2) is 29.2 Å². The molecule has 208 valence electrons. The first-order valence-corrected chi connectivity index (χ1v) is 13.8. The highest BCUT2D eigenvalue weighted by Gasteiger charge is 2.49. The fourth-order valence-electron chi connectivity index (χ4n) is 4.46. The molecule has 2 aromatic rings. The van der Waals surface area contributed by atoms with Crippen LogP contribution in [0.2, 0.25) is 0 Å². The Balaban J connectivity index is 1.91. The second kappa shape index (κ2) is 11.9. The van der Waals surface area contributed by atoms with Gasteiger partial charge >= 0.3 is 7.60 Å². The molecule has 2 heterocycles. The largest absolute Gasteiger partial charge is 0.503 e. The number of nitrogens with zero attached hydrogens (tertiary/aromatic N) is 1. The lowest BCUT2D eigenvalue weighted by molar-refractivity contribution is -0.0165. The number of carbonyl (C=O) groups excluding carboxylic acids is 2. The second-order valence-corrected chi connectivity index (χ2v) is 11.2. The number of fused-ring (bicyclic) bond motifs is 1. The van der Waals surface area contributed by atoms with E-state index in [2.05, 4.69) is 5.32 Å². The minimum Gasteiger partial charge on any atom is -0.503 e. The molecule has 13 heteroatoms. The number of hydrogen-bond donors (Lipinski definition) is 2. The Morgan fingerprint density at radius 2 is 1.89 bits per heavy atom. The van der Waals surface area contributed by atoms with Gasteiger partial charge in [0.1, 0.15) is 22.9 Å². The molecule has 38 heavy (non-hydrogen) atoms. The van der Waals surface area contributed by atoms with Crippen molar-refractivity contribution in [3.8, 4) is 5.75 Å². The number of benzene rings is 1. The minimum absolute atomic E-state index is 0.0104. The maximum absolute atomic E-state index is 13.9. The lowest BCUT2D eigenvalue weighted by atomic mass is 9.73. The van der Waals surface area contributed by atoms with Crippen molar-refractivity contribution in [3.05, 3.63) is 63.1 Å². The topological polar surface area (TPSA) is 133 Å². The number of carbonyl (C=O) groups is 2. The van der Waals surface area contributed by atoms with E-state index in [0.717, 1.165) is 18.3 Å². The van der Waals surface area contributed by atoms with Gasteiger partial charge in [0.15, 0.2) is 11.5 Å². The van der Waals surface area contributed by atoms with Gasteiger partial charge in [-0.3, -0.25) is 18.9 Å². The maximum Gasteiger partial charge on any atom is 0.330 e. The fraction of sp³-hybridized carbons (Fsp3) is 0.480. The van der Waals surface area contributed by atoms with Crippen LogP contribution in [0.1, 0.15) is 53.6 Å². The summed E-state index contributed by atoms with van der Waals surface area (Å²) in [4.78, 5) is 39.3. The first kappa shape index (κ1) is 29.6. The quantitative estimate of drug-likeness (QED) is 0.401. The number of ketones is 1. The Morgan fingerprint density at radius 3 is 2.47 bits per heavy atom. The number of nitrogens with one attached hydrogen (secondary N) is 1. The van der Waals surface area contributed by atoms with Crippen LogP contribution < -0.4 is 10.7 Å². The van der Waals surface area contributed by atoms with Crippen LogP contribution in [0.25, 0.3) is 0 Å². The molecule has 1 aromatic heterocycles. The Morgan fingerprint density at radius 1 is 1.24 bits per heavy atom. The summed E-state index contributed by atoms with van der Waals surface area (Å²) in [7, 11) is -2.11. The Bertz CT molecular complexity index is 1320. The van der Waals surface area contributed by atoms with E-state index in [9.17, 15) is 32.8 Å². The Labute approximate surface area is 218 Å². The highest BCUT2D eigenvalue weighted by molar-refractivity contribution is 7.53. The number of aromatic hydroxyl groups is 1. The number of pyridine rings is 1. The van der Waals surface area contributed by atoms with Gasteiger partial charge in [0.2, 0.25) is 5.43 Å². The van der Waals surface area contributed by atoms with E-state index in [0.29, 0.717) is 6.07 Å². The predicted octanol–water partition coefficient (Wildman–Crippen LogP) is 3.64. The summed E-state index contributed by atoms with van der Waals surface area (Å²) in [5.41, 5.74) is -3.18. The van der Waals surface area contributed by atoms with Crippen LogP contribution in [0, 0.1) is 17.0 Å². The summed E-state index contributed by atoms with van der Waals surface area (Å²) >= 11 is 0. The van der Waals surface area contributed by atoms with Gasteiger partial charge in [0.05, 0.1) is 37.4 Å². The van der Waals surface area contributed by atoms with Gasteiger partial charge in [0, 0.05) is 31.5 Å². The summed E-state index contributed by atoms with van der Waals surface area (Å²) in [6.07, 6.45) is 0.274. The van der Waals surface area contributed by atoms with Gasteiger partial charge in [-0.2, -0.15) is 0 Å². The predicted molar refractivity (Wildman–Crippen MR) is 133 cm³/mol. The molecule has 0 saturated heterocycles. The molecule has 0 spiro atoms.